The van der Waals surface area contributed by atoms with E-state index in [9.17, 15) is 26.7 Å². The molecule has 0 saturated carbocycles. The van der Waals surface area contributed by atoms with Gasteiger partial charge in [-0.2, -0.15) is 10.4 Å². The monoisotopic (exact) mass is 486 g/mol. The predicted molar refractivity (Wildman–Crippen MR) is 109 cm³/mol. The number of hydrogen-bond acceptors (Lipinski definition) is 4. The largest absolute Gasteiger partial charge is 0.340 e. The molecular weight excluding hydrogens is 466 g/mol. The van der Waals surface area contributed by atoms with Gasteiger partial charge in [-0.05, 0) is 24.3 Å². The fourth-order valence-corrected chi connectivity index (χ4v) is 3.21. The molecule has 0 bridgehead atoms. The van der Waals surface area contributed by atoms with Crippen LogP contribution in [-0.4, -0.2) is 50.8 Å². The summed E-state index contributed by atoms with van der Waals surface area (Å²) in [5, 5.41) is 14.9. The van der Waals surface area contributed by atoms with Crippen LogP contribution in [0.3, 0.4) is 0 Å². The third-order valence-corrected chi connectivity index (χ3v) is 5.35. The average molecular weight is 486 g/mol. The summed E-state index contributed by atoms with van der Waals surface area (Å²) in [5.41, 5.74) is -1.75. The number of carbonyl (C=O) groups excluding carboxylic acids is 1. The van der Waals surface area contributed by atoms with Gasteiger partial charge < -0.3 is 10.3 Å². The Labute approximate surface area is 189 Å². The molecule has 0 aliphatic carbocycles. The minimum absolute atomic E-state index is 0.207. The number of benzene rings is 1. The normalized spacial score (nSPS) is 14.9. The summed E-state index contributed by atoms with van der Waals surface area (Å²) in [6.45, 7) is 0.998. The maximum atomic E-state index is 15.5. The quantitative estimate of drug-likeness (QED) is 0.440. The van der Waals surface area contributed by atoms with Crippen LogP contribution in [0.4, 0.5) is 26.3 Å². The second-order valence-electron chi connectivity index (χ2n) is 8.19. The number of amides is 1. The van der Waals surface area contributed by atoms with Crippen molar-refractivity contribution in [3.8, 4) is 6.07 Å². The summed E-state index contributed by atoms with van der Waals surface area (Å²) in [4.78, 5) is 19.8. The van der Waals surface area contributed by atoms with E-state index in [4.69, 9.17) is 5.26 Å². The van der Waals surface area contributed by atoms with Gasteiger partial charge in [-0.1, -0.05) is 13.8 Å². The molecule has 2 heterocycles. The fourth-order valence-electron chi connectivity index (χ4n) is 3.21. The Kier molecular flexibility index (Phi) is 7.18. The number of halogens is 6. The van der Waals surface area contributed by atoms with E-state index in [1.807, 2.05) is 6.07 Å². The molecule has 0 aliphatic heterocycles. The molecule has 0 fully saturated rings. The van der Waals surface area contributed by atoms with Crippen molar-refractivity contribution in [2.24, 2.45) is 5.41 Å². The van der Waals surface area contributed by atoms with Gasteiger partial charge in [0, 0.05) is 6.20 Å². The number of nitrogens with one attached hydrogen (secondary N) is 2. The lowest BCUT2D eigenvalue weighted by atomic mass is 9.83. The molecule has 13 heteroatoms. The van der Waals surface area contributed by atoms with E-state index in [-0.39, 0.29) is 22.6 Å². The third kappa shape index (κ3) is 5.00. The number of aromatic nitrogens is 4. The number of rotatable bonds is 9. The van der Waals surface area contributed by atoms with E-state index in [0.717, 1.165) is 26.1 Å². The first-order valence-electron chi connectivity index (χ1n) is 10.0. The van der Waals surface area contributed by atoms with Crippen molar-refractivity contribution in [1.82, 2.24) is 25.1 Å². The van der Waals surface area contributed by atoms with Crippen molar-refractivity contribution in [3.05, 3.63) is 47.5 Å². The maximum Gasteiger partial charge on any atom is 0.271 e. The molecule has 182 valence electrons. The van der Waals surface area contributed by atoms with Crippen LogP contribution in [-0.2, 0) is 6.54 Å². The molecule has 0 aliphatic rings. The van der Waals surface area contributed by atoms with E-state index < -0.39 is 49.1 Å². The minimum Gasteiger partial charge on any atom is -0.340 e. The summed E-state index contributed by atoms with van der Waals surface area (Å²) in [6, 6.07) is 5.60. The third-order valence-electron chi connectivity index (χ3n) is 5.35. The van der Waals surface area contributed by atoms with E-state index in [0.29, 0.717) is 10.2 Å². The lowest BCUT2D eigenvalue weighted by Crippen LogP contribution is -2.45. The van der Waals surface area contributed by atoms with Crippen molar-refractivity contribution in [2.75, 3.05) is 0 Å². The summed E-state index contributed by atoms with van der Waals surface area (Å²) < 4.78 is 82.0. The summed E-state index contributed by atoms with van der Waals surface area (Å²) in [5.74, 6) is -1.27. The highest BCUT2D eigenvalue weighted by Crippen LogP contribution is 2.38. The predicted octanol–water partition coefficient (Wildman–Crippen LogP) is 4.33. The van der Waals surface area contributed by atoms with Crippen molar-refractivity contribution < 1.29 is 31.1 Å². The van der Waals surface area contributed by atoms with Crippen LogP contribution in [0.1, 0.15) is 41.8 Å². The van der Waals surface area contributed by atoms with Gasteiger partial charge in [0.15, 0.2) is 6.17 Å². The molecule has 3 unspecified atom stereocenters. The highest BCUT2D eigenvalue weighted by Gasteiger charge is 2.45. The number of alkyl halides is 6. The molecule has 3 atom stereocenters. The van der Waals surface area contributed by atoms with Gasteiger partial charge in [0.2, 0.25) is 6.43 Å². The second-order valence-corrected chi connectivity index (χ2v) is 8.19. The molecule has 3 rings (SSSR count). The summed E-state index contributed by atoms with van der Waals surface area (Å²) >= 11 is 0. The zero-order valence-corrected chi connectivity index (χ0v) is 17.9. The van der Waals surface area contributed by atoms with Gasteiger partial charge in [0.25, 0.3) is 12.3 Å². The van der Waals surface area contributed by atoms with E-state index >= 15 is 4.39 Å². The standard InChI is InChI=1S/C21H20F6N6O/c1-21(2,20(26)27)16(23)15(18-30-12-4-3-10(8-28)7-13(12)31-18)32-19(34)14-5-6-29-33(14)9-11(22)17(24)25/h3-7,11,15-17,20H,9H2,1-2H3,(H,30,31)(H,32,34). The Morgan fingerprint density at radius 2 is 1.91 bits per heavy atom. The summed E-state index contributed by atoms with van der Waals surface area (Å²) in [7, 11) is 0. The van der Waals surface area contributed by atoms with Crippen molar-refractivity contribution >= 4 is 16.9 Å². The SMILES string of the molecule is CC(C)(C(F)F)C(F)C(NC(=O)c1ccnn1CC(F)C(F)F)c1nc2ccc(C#N)cc2[nH]1. The zero-order valence-electron chi connectivity index (χ0n) is 17.9. The van der Waals surface area contributed by atoms with Gasteiger partial charge in [0.05, 0.1) is 34.6 Å². The molecule has 34 heavy (non-hydrogen) atoms. The topological polar surface area (TPSA) is 99.4 Å². The van der Waals surface area contributed by atoms with Crippen molar-refractivity contribution in [3.63, 3.8) is 0 Å². The van der Waals surface area contributed by atoms with Gasteiger partial charge in [-0.25, -0.2) is 31.3 Å². The van der Waals surface area contributed by atoms with Crippen LogP contribution in [0.5, 0.6) is 0 Å². The number of carbonyl (C=O) groups is 1. The first-order valence-corrected chi connectivity index (χ1v) is 10.0. The number of nitrogens with zero attached hydrogens (tertiary/aromatic N) is 4. The Hall–Kier alpha value is -3.56. The number of H-pyrrole nitrogens is 1. The molecule has 0 radical (unpaired) electrons. The number of aromatic amines is 1. The molecule has 1 amide bonds. The number of imidazole rings is 1. The molecule has 2 aromatic heterocycles. The molecule has 0 saturated heterocycles. The maximum absolute atomic E-state index is 15.5. The van der Waals surface area contributed by atoms with Crippen LogP contribution in [0, 0.1) is 16.7 Å². The summed E-state index contributed by atoms with van der Waals surface area (Å²) in [6.07, 6.45) is -10.3. The average Bonchev–Trinajstić information content (AvgIpc) is 3.42. The second kappa shape index (κ2) is 9.74. The minimum atomic E-state index is -3.32. The molecule has 2 N–H and O–H groups in total. The van der Waals surface area contributed by atoms with Crippen molar-refractivity contribution in [1.29, 1.82) is 5.26 Å². The van der Waals surface area contributed by atoms with Crippen LogP contribution in [0.15, 0.2) is 30.5 Å². The molecule has 3 aromatic rings. The lowest BCUT2D eigenvalue weighted by Gasteiger charge is -2.33. The molecular formula is C21H20F6N6O. The molecule has 7 nitrogen and oxygen atoms in total. The zero-order chi connectivity index (χ0) is 25.2. The Morgan fingerprint density at radius 1 is 1.21 bits per heavy atom. The Balaban J connectivity index is 1.98. The van der Waals surface area contributed by atoms with Crippen LogP contribution in [0.25, 0.3) is 11.0 Å². The smallest absolute Gasteiger partial charge is 0.271 e. The van der Waals surface area contributed by atoms with Crippen LogP contribution < -0.4 is 5.32 Å². The van der Waals surface area contributed by atoms with E-state index in [2.05, 4.69) is 20.4 Å². The number of fused-ring (bicyclic) bond motifs is 1. The van der Waals surface area contributed by atoms with Gasteiger partial charge in [0.1, 0.15) is 23.7 Å². The molecule has 1 aromatic carbocycles. The molecule has 0 spiro atoms. The lowest BCUT2D eigenvalue weighted by molar-refractivity contribution is -0.0469. The Bertz CT molecular complexity index is 1200. The van der Waals surface area contributed by atoms with E-state index in [1.54, 1.807) is 0 Å². The highest BCUT2D eigenvalue weighted by atomic mass is 19.3. The van der Waals surface area contributed by atoms with Gasteiger partial charge in [-0.15, -0.1) is 0 Å². The van der Waals surface area contributed by atoms with Crippen molar-refractivity contribution in [2.45, 2.75) is 51.6 Å². The fraction of sp³-hybridized carbons (Fsp3) is 0.429. The first-order chi connectivity index (χ1) is 15.9. The number of hydrogen-bond donors (Lipinski definition) is 2. The van der Waals surface area contributed by atoms with Gasteiger partial charge in [-0.3, -0.25) is 9.48 Å². The van der Waals surface area contributed by atoms with E-state index in [1.165, 1.54) is 18.2 Å². The van der Waals surface area contributed by atoms with Crippen LogP contribution >= 0.6 is 0 Å². The first kappa shape index (κ1) is 25.1. The number of nitriles is 1. The Morgan fingerprint density at radius 3 is 2.53 bits per heavy atom. The van der Waals surface area contributed by atoms with Crippen LogP contribution in [0.2, 0.25) is 0 Å². The highest BCUT2D eigenvalue weighted by molar-refractivity contribution is 5.92. The van der Waals surface area contributed by atoms with Gasteiger partial charge >= 0.3 is 0 Å².